The van der Waals surface area contributed by atoms with Crippen molar-refractivity contribution in [2.24, 2.45) is 0 Å². The molecule has 0 radical (unpaired) electrons. The zero-order chi connectivity index (χ0) is 23.8. The molecule has 1 aliphatic carbocycles. The van der Waals surface area contributed by atoms with Crippen LogP contribution in [0.3, 0.4) is 0 Å². The summed E-state index contributed by atoms with van der Waals surface area (Å²) in [6, 6.07) is 10.1. The van der Waals surface area contributed by atoms with E-state index in [-0.39, 0.29) is 12.2 Å². The number of nitriles is 1. The van der Waals surface area contributed by atoms with Gasteiger partial charge in [0.1, 0.15) is 0 Å². The Kier molecular flexibility index (Phi) is 6.22. The Balaban J connectivity index is 1.29. The van der Waals surface area contributed by atoms with Gasteiger partial charge >= 0.3 is 0 Å². The summed E-state index contributed by atoms with van der Waals surface area (Å²) in [7, 11) is 0. The van der Waals surface area contributed by atoms with Crippen molar-refractivity contribution in [1.82, 2.24) is 19.7 Å². The summed E-state index contributed by atoms with van der Waals surface area (Å²) >= 11 is 2.20. The SMILES string of the molecule is Cc1c(C(=O)Cc2ccc(C3(C#N)CCC4(CC3)OCCO4)nc2)cnn1-c1ccc(I)cn1. The number of carbonyl (C=O) groups is 1. The van der Waals surface area contributed by atoms with Gasteiger partial charge in [0.05, 0.1) is 47.8 Å². The molecular formula is C25H24IN5O3. The average Bonchev–Trinajstić information content (AvgIpc) is 3.48. The lowest BCUT2D eigenvalue weighted by Crippen LogP contribution is -2.41. The van der Waals surface area contributed by atoms with E-state index < -0.39 is 11.2 Å². The minimum absolute atomic E-state index is 0.0334. The molecule has 0 unspecified atom stereocenters. The summed E-state index contributed by atoms with van der Waals surface area (Å²) in [6.07, 6.45) is 7.92. The fraction of sp³-hybridized carbons (Fsp3) is 0.400. The number of rotatable bonds is 5. The molecule has 0 N–H and O–H groups in total. The van der Waals surface area contributed by atoms with E-state index in [9.17, 15) is 10.1 Å². The number of Topliss-reactive ketones (excluding diaryl/α,β-unsaturated/α-hetero) is 1. The normalized spacial score (nSPS) is 18.6. The summed E-state index contributed by atoms with van der Waals surface area (Å²) in [5.74, 6) is 0.115. The smallest absolute Gasteiger partial charge is 0.170 e. The highest BCUT2D eigenvalue weighted by Gasteiger charge is 2.48. The molecular weight excluding hydrogens is 545 g/mol. The summed E-state index contributed by atoms with van der Waals surface area (Å²) in [5, 5.41) is 14.4. The van der Waals surface area contributed by atoms with Crippen molar-refractivity contribution in [3.8, 4) is 11.9 Å². The van der Waals surface area contributed by atoms with Crippen LogP contribution in [0.25, 0.3) is 5.82 Å². The first-order valence-electron chi connectivity index (χ1n) is 11.3. The van der Waals surface area contributed by atoms with E-state index in [0.29, 0.717) is 50.3 Å². The number of nitrogens with zero attached hydrogens (tertiary/aromatic N) is 5. The Bertz CT molecular complexity index is 1230. The zero-order valence-corrected chi connectivity index (χ0v) is 21.0. The molecule has 1 saturated heterocycles. The molecule has 0 atom stereocenters. The second-order valence-corrected chi connectivity index (χ2v) is 10.1. The predicted octanol–water partition coefficient (Wildman–Crippen LogP) is 4.08. The first-order chi connectivity index (χ1) is 16.4. The molecule has 34 heavy (non-hydrogen) atoms. The molecule has 5 rings (SSSR count). The van der Waals surface area contributed by atoms with Crippen LogP contribution >= 0.6 is 22.6 Å². The number of ether oxygens (including phenoxy) is 2. The van der Waals surface area contributed by atoms with Gasteiger partial charge in [-0.3, -0.25) is 9.78 Å². The molecule has 3 aromatic heterocycles. The largest absolute Gasteiger partial charge is 0.348 e. The number of halogens is 1. The third-order valence-electron chi connectivity index (χ3n) is 6.81. The van der Waals surface area contributed by atoms with Gasteiger partial charge in [0, 0.05) is 35.2 Å². The van der Waals surface area contributed by atoms with Gasteiger partial charge in [-0.15, -0.1) is 0 Å². The van der Waals surface area contributed by atoms with Crippen molar-refractivity contribution < 1.29 is 14.3 Å². The lowest BCUT2D eigenvalue weighted by atomic mass is 9.70. The third kappa shape index (κ3) is 4.26. The van der Waals surface area contributed by atoms with E-state index in [1.54, 1.807) is 23.3 Å². The van der Waals surface area contributed by atoms with Crippen LogP contribution in [0.2, 0.25) is 0 Å². The lowest BCUT2D eigenvalue weighted by Gasteiger charge is -2.39. The molecule has 4 heterocycles. The van der Waals surface area contributed by atoms with Crippen LogP contribution in [0, 0.1) is 21.8 Å². The van der Waals surface area contributed by atoms with Gasteiger partial charge in [0.25, 0.3) is 0 Å². The number of pyridine rings is 2. The third-order valence-corrected chi connectivity index (χ3v) is 7.45. The van der Waals surface area contributed by atoms with Crippen molar-refractivity contribution in [3.63, 3.8) is 0 Å². The Morgan fingerprint density at radius 3 is 2.47 bits per heavy atom. The summed E-state index contributed by atoms with van der Waals surface area (Å²) in [4.78, 5) is 22.0. The summed E-state index contributed by atoms with van der Waals surface area (Å²) in [5.41, 5.74) is 2.21. The predicted molar refractivity (Wildman–Crippen MR) is 131 cm³/mol. The van der Waals surface area contributed by atoms with Crippen molar-refractivity contribution in [1.29, 1.82) is 5.26 Å². The first-order valence-corrected chi connectivity index (χ1v) is 12.4. The molecule has 2 fully saturated rings. The van der Waals surface area contributed by atoms with E-state index >= 15 is 0 Å². The number of hydrogen-bond acceptors (Lipinski definition) is 7. The highest BCUT2D eigenvalue weighted by Crippen LogP contribution is 2.45. The van der Waals surface area contributed by atoms with Gasteiger partial charge in [-0.2, -0.15) is 10.4 Å². The lowest BCUT2D eigenvalue weighted by molar-refractivity contribution is -0.182. The maximum Gasteiger partial charge on any atom is 0.170 e. The number of hydrogen-bond donors (Lipinski definition) is 0. The van der Waals surface area contributed by atoms with E-state index in [4.69, 9.17) is 9.47 Å². The van der Waals surface area contributed by atoms with Gasteiger partial charge in [0.2, 0.25) is 0 Å². The van der Waals surface area contributed by atoms with Crippen LogP contribution < -0.4 is 0 Å². The standard InChI is InChI=1S/C25H24IN5O3/c1-17-20(15-30-31(17)23-5-3-19(26)14-29-23)21(32)12-18-2-4-22(28-13-18)24(16-27)6-8-25(9-7-24)33-10-11-34-25/h2-5,13-15H,6-12H2,1H3. The quantitative estimate of drug-likeness (QED) is 0.337. The highest BCUT2D eigenvalue weighted by molar-refractivity contribution is 14.1. The van der Waals surface area contributed by atoms with Crippen LogP contribution in [-0.4, -0.2) is 44.5 Å². The molecule has 1 aliphatic heterocycles. The number of carbonyl (C=O) groups excluding carboxylic acids is 1. The number of aromatic nitrogens is 4. The van der Waals surface area contributed by atoms with Crippen LogP contribution in [-0.2, 0) is 21.3 Å². The summed E-state index contributed by atoms with van der Waals surface area (Å²) < 4.78 is 14.3. The monoisotopic (exact) mass is 569 g/mol. The van der Waals surface area contributed by atoms with Crippen molar-refractivity contribution in [2.75, 3.05) is 13.2 Å². The maximum absolute atomic E-state index is 13.0. The van der Waals surface area contributed by atoms with E-state index in [2.05, 4.69) is 43.7 Å². The van der Waals surface area contributed by atoms with Crippen molar-refractivity contribution >= 4 is 28.4 Å². The molecule has 9 heteroatoms. The zero-order valence-electron chi connectivity index (χ0n) is 18.8. The Labute approximate surface area is 211 Å². The molecule has 1 saturated carbocycles. The van der Waals surface area contributed by atoms with Crippen LogP contribution in [0.15, 0.2) is 42.9 Å². The fourth-order valence-corrected chi connectivity index (χ4v) is 5.09. The van der Waals surface area contributed by atoms with E-state index in [1.807, 2.05) is 31.2 Å². The molecule has 0 bridgehead atoms. The second kappa shape index (κ2) is 9.17. The molecule has 1 spiro atoms. The second-order valence-electron chi connectivity index (χ2n) is 8.84. The maximum atomic E-state index is 13.0. The van der Waals surface area contributed by atoms with Crippen molar-refractivity contribution in [3.05, 3.63) is 68.9 Å². The van der Waals surface area contributed by atoms with Crippen LogP contribution in [0.5, 0.6) is 0 Å². The molecule has 0 aromatic carbocycles. The average molecular weight is 569 g/mol. The Morgan fingerprint density at radius 1 is 1.09 bits per heavy atom. The van der Waals surface area contributed by atoms with Gasteiger partial charge in [-0.1, -0.05) is 6.07 Å². The van der Waals surface area contributed by atoms with Crippen molar-refractivity contribution in [2.45, 2.75) is 50.2 Å². The summed E-state index contributed by atoms with van der Waals surface area (Å²) in [6.45, 7) is 3.09. The molecule has 3 aromatic rings. The van der Waals surface area contributed by atoms with Gasteiger partial charge in [0.15, 0.2) is 17.4 Å². The minimum atomic E-state index is -0.651. The Hall–Kier alpha value is -2.68. The molecule has 0 amide bonds. The minimum Gasteiger partial charge on any atom is -0.348 e. The van der Waals surface area contributed by atoms with Crippen LogP contribution in [0.1, 0.15) is 53.0 Å². The number of ketones is 1. The topological polar surface area (TPSA) is 103 Å². The highest BCUT2D eigenvalue weighted by atomic mass is 127. The van der Waals surface area contributed by atoms with E-state index in [0.717, 1.165) is 20.5 Å². The molecule has 174 valence electrons. The Morgan fingerprint density at radius 2 is 1.85 bits per heavy atom. The molecule has 2 aliphatic rings. The van der Waals surface area contributed by atoms with Gasteiger partial charge in [-0.25, -0.2) is 9.67 Å². The molecule has 8 nitrogen and oxygen atoms in total. The van der Waals surface area contributed by atoms with Gasteiger partial charge < -0.3 is 9.47 Å². The van der Waals surface area contributed by atoms with Crippen LogP contribution in [0.4, 0.5) is 0 Å². The van der Waals surface area contributed by atoms with E-state index in [1.165, 1.54) is 0 Å². The first kappa shape index (κ1) is 23.1. The fourth-order valence-electron chi connectivity index (χ4n) is 4.77. The van der Waals surface area contributed by atoms with Gasteiger partial charge in [-0.05, 0) is 66.1 Å².